The molecule has 1 atom stereocenters. The Hall–Kier alpha value is -0.770. The smallest absolute Gasteiger partial charge is 0.189 e. The van der Waals surface area contributed by atoms with Gasteiger partial charge in [0.25, 0.3) is 0 Å². The highest BCUT2D eigenvalue weighted by atomic mass is 35.5. The van der Waals surface area contributed by atoms with Crippen molar-refractivity contribution < 1.29 is 9.47 Å². The Bertz CT molecular complexity index is 540. The van der Waals surface area contributed by atoms with Crippen LogP contribution >= 0.6 is 11.6 Å². The fourth-order valence-corrected chi connectivity index (χ4v) is 3.70. The van der Waals surface area contributed by atoms with Crippen molar-refractivity contribution >= 4 is 11.6 Å². The predicted octanol–water partition coefficient (Wildman–Crippen LogP) is 3.97. The summed E-state index contributed by atoms with van der Waals surface area (Å²) in [6, 6.07) is 5.47. The maximum Gasteiger partial charge on any atom is 0.189 e. The molecule has 4 heteroatoms. The molecule has 0 radical (unpaired) electrons. The van der Waals surface area contributed by atoms with Gasteiger partial charge in [-0.1, -0.05) is 11.6 Å². The van der Waals surface area contributed by atoms with Crippen LogP contribution in [0.4, 0.5) is 0 Å². The molecule has 0 saturated heterocycles. The molecule has 2 saturated carbocycles. The number of halogens is 1. The largest absolute Gasteiger partial charge is 0.467 e. The number of hydrogen-bond acceptors (Lipinski definition) is 3. The maximum atomic E-state index is 6.29. The molecule has 21 heavy (non-hydrogen) atoms. The lowest BCUT2D eigenvalue weighted by atomic mass is 10.1. The van der Waals surface area contributed by atoms with E-state index in [1.54, 1.807) is 0 Å². The zero-order chi connectivity index (χ0) is 14.4. The van der Waals surface area contributed by atoms with Gasteiger partial charge in [0.2, 0.25) is 0 Å². The predicted molar refractivity (Wildman–Crippen MR) is 82.5 cm³/mol. The van der Waals surface area contributed by atoms with Gasteiger partial charge in [-0.3, -0.25) is 4.90 Å². The van der Waals surface area contributed by atoms with Crippen LogP contribution in [0, 0.1) is 5.92 Å². The summed E-state index contributed by atoms with van der Waals surface area (Å²) in [7, 11) is 0. The van der Waals surface area contributed by atoms with Crippen LogP contribution in [0.25, 0.3) is 0 Å². The van der Waals surface area contributed by atoms with Crippen molar-refractivity contribution in [1.82, 2.24) is 4.90 Å². The fraction of sp³-hybridized carbons (Fsp3) is 0.647. The molecular weight excluding hydrogens is 286 g/mol. The average molecular weight is 308 g/mol. The van der Waals surface area contributed by atoms with Crippen molar-refractivity contribution in [2.24, 2.45) is 5.92 Å². The molecule has 1 unspecified atom stereocenters. The Morgan fingerprint density at radius 1 is 1.29 bits per heavy atom. The van der Waals surface area contributed by atoms with Crippen molar-refractivity contribution in [2.75, 3.05) is 6.79 Å². The fourth-order valence-electron chi connectivity index (χ4n) is 3.43. The third-order valence-electron chi connectivity index (χ3n) is 4.95. The summed E-state index contributed by atoms with van der Waals surface area (Å²) in [5.41, 5.74) is 2.30. The molecule has 0 aromatic heterocycles. The van der Waals surface area contributed by atoms with Crippen LogP contribution in [0.3, 0.4) is 0 Å². The Morgan fingerprint density at radius 3 is 2.81 bits per heavy atom. The molecule has 2 fully saturated rings. The van der Waals surface area contributed by atoms with Gasteiger partial charge in [-0.25, -0.2) is 0 Å². The molecule has 4 rings (SSSR count). The SMILES string of the molecule is CC(C1CC1)N(Cc1cc(Cl)cc2c1OCOC2)C1CC1. The molecule has 3 aliphatic rings. The third kappa shape index (κ3) is 2.92. The highest BCUT2D eigenvalue weighted by Gasteiger charge is 2.39. The van der Waals surface area contributed by atoms with Crippen molar-refractivity contribution in [1.29, 1.82) is 0 Å². The van der Waals surface area contributed by atoms with E-state index >= 15 is 0 Å². The van der Waals surface area contributed by atoms with Crippen LogP contribution < -0.4 is 4.74 Å². The Morgan fingerprint density at radius 2 is 2.10 bits per heavy atom. The van der Waals surface area contributed by atoms with E-state index in [-0.39, 0.29) is 0 Å². The van der Waals surface area contributed by atoms with E-state index in [0.717, 1.165) is 34.8 Å². The molecule has 2 aliphatic carbocycles. The molecule has 1 heterocycles. The zero-order valence-electron chi connectivity index (χ0n) is 12.5. The molecule has 1 aromatic carbocycles. The number of rotatable bonds is 5. The van der Waals surface area contributed by atoms with Gasteiger partial charge in [-0.05, 0) is 50.7 Å². The molecule has 1 aliphatic heterocycles. The van der Waals surface area contributed by atoms with Crippen LogP contribution in [-0.2, 0) is 17.9 Å². The molecule has 0 spiro atoms. The lowest BCUT2D eigenvalue weighted by Crippen LogP contribution is -2.36. The summed E-state index contributed by atoms with van der Waals surface area (Å²) < 4.78 is 11.1. The summed E-state index contributed by atoms with van der Waals surface area (Å²) in [4.78, 5) is 2.67. The van der Waals surface area contributed by atoms with Crippen LogP contribution in [0.5, 0.6) is 5.75 Å². The van der Waals surface area contributed by atoms with Crippen LogP contribution in [-0.4, -0.2) is 23.8 Å². The van der Waals surface area contributed by atoms with Gasteiger partial charge in [0.1, 0.15) is 5.75 Å². The monoisotopic (exact) mass is 307 g/mol. The first-order valence-electron chi connectivity index (χ1n) is 8.00. The van der Waals surface area contributed by atoms with E-state index in [4.69, 9.17) is 21.1 Å². The molecule has 0 bridgehead atoms. The summed E-state index contributed by atoms with van der Waals surface area (Å²) in [6.45, 7) is 4.29. The summed E-state index contributed by atoms with van der Waals surface area (Å²) >= 11 is 6.29. The Kier molecular flexibility index (Phi) is 3.60. The number of hydrogen-bond donors (Lipinski definition) is 0. The molecule has 114 valence electrons. The van der Waals surface area contributed by atoms with E-state index in [1.807, 2.05) is 6.07 Å². The van der Waals surface area contributed by atoms with Gasteiger partial charge in [-0.15, -0.1) is 0 Å². The van der Waals surface area contributed by atoms with E-state index in [2.05, 4.69) is 17.9 Å². The average Bonchev–Trinajstić information content (AvgIpc) is 3.37. The van der Waals surface area contributed by atoms with Crippen LogP contribution in [0.2, 0.25) is 5.02 Å². The summed E-state index contributed by atoms with van der Waals surface area (Å²) in [6.07, 6.45) is 5.46. The third-order valence-corrected chi connectivity index (χ3v) is 5.17. The minimum Gasteiger partial charge on any atom is -0.467 e. The number of benzene rings is 1. The lowest BCUT2D eigenvalue weighted by molar-refractivity contribution is -0.0176. The molecule has 1 aromatic rings. The minimum atomic E-state index is 0.350. The first-order chi connectivity index (χ1) is 10.2. The molecule has 3 nitrogen and oxygen atoms in total. The Labute approximate surface area is 131 Å². The van der Waals surface area contributed by atoms with Crippen molar-refractivity contribution in [3.05, 3.63) is 28.3 Å². The normalized spacial score (nSPS) is 22.8. The second-order valence-corrected chi connectivity index (χ2v) is 7.08. The van der Waals surface area contributed by atoms with Gasteiger partial charge >= 0.3 is 0 Å². The van der Waals surface area contributed by atoms with Crippen LogP contribution in [0.15, 0.2) is 12.1 Å². The van der Waals surface area contributed by atoms with Gasteiger partial charge in [-0.2, -0.15) is 0 Å². The van der Waals surface area contributed by atoms with Gasteiger partial charge < -0.3 is 9.47 Å². The number of ether oxygens (including phenoxy) is 2. The molecule has 0 amide bonds. The first kappa shape index (κ1) is 13.9. The summed E-state index contributed by atoms with van der Waals surface area (Å²) in [5, 5.41) is 0.785. The van der Waals surface area contributed by atoms with E-state index in [0.29, 0.717) is 19.4 Å². The van der Waals surface area contributed by atoms with Crippen LogP contribution in [0.1, 0.15) is 43.7 Å². The highest BCUT2D eigenvalue weighted by Crippen LogP contribution is 2.42. The topological polar surface area (TPSA) is 21.7 Å². The highest BCUT2D eigenvalue weighted by molar-refractivity contribution is 6.30. The van der Waals surface area contributed by atoms with E-state index in [9.17, 15) is 0 Å². The summed E-state index contributed by atoms with van der Waals surface area (Å²) in [5.74, 6) is 1.89. The van der Waals surface area contributed by atoms with Crippen molar-refractivity contribution in [2.45, 2.75) is 57.8 Å². The Balaban J connectivity index is 1.61. The van der Waals surface area contributed by atoms with Gasteiger partial charge in [0, 0.05) is 34.8 Å². The standard InChI is InChI=1S/C17H22ClNO2/c1-11(12-2-3-12)19(16-4-5-16)8-13-6-15(18)7-14-9-20-10-21-17(13)14/h6-7,11-12,16H,2-5,8-10H2,1H3. The number of nitrogens with zero attached hydrogens (tertiary/aromatic N) is 1. The van der Waals surface area contributed by atoms with Crippen molar-refractivity contribution in [3.63, 3.8) is 0 Å². The lowest BCUT2D eigenvalue weighted by Gasteiger charge is -2.31. The maximum absolute atomic E-state index is 6.29. The van der Waals surface area contributed by atoms with E-state index < -0.39 is 0 Å². The second kappa shape index (κ2) is 5.45. The van der Waals surface area contributed by atoms with Gasteiger partial charge in [0.15, 0.2) is 6.79 Å². The van der Waals surface area contributed by atoms with Crippen molar-refractivity contribution in [3.8, 4) is 5.75 Å². The first-order valence-corrected chi connectivity index (χ1v) is 8.38. The zero-order valence-corrected chi connectivity index (χ0v) is 13.2. The number of fused-ring (bicyclic) bond motifs is 1. The second-order valence-electron chi connectivity index (χ2n) is 6.65. The van der Waals surface area contributed by atoms with Gasteiger partial charge in [0.05, 0.1) is 6.61 Å². The quantitative estimate of drug-likeness (QED) is 0.821. The molecular formula is C17H22ClNO2. The van der Waals surface area contributed by atoms with E-state index in [1.165, 1.54) is 31.2 Å². The minimum absolute atomic E-state index is 0.350. The molecule has 0 N–H and O–H groups in total.